The quantitative estimate of drug-likeness (QED) is 0.790. The molecule has 0 aromatic carbocycles. The molecule has 1 N–H and O–H groups in total. The molecule has 2 aromatic heterocycles. The summed E-state index contributed by atoms with van der Waals surface area (Å²) in [6.45, 7) is 2.25. The van der Waals surface area contributed by atoms with Crippen LogP contribution in [0.2, 0.25) is 0 Å². The fourth-order valence-corrected chi connectivity index (χ4v) is 5.46. The Morgan fingerprint density at radius 1 is 1.36 bits per heavy atom. The molecular weight excluding hydrogens is 380 g/mol. The highest BCUT2D eigenvalue weighted by atomic mass is 32.2. The van der Waals surface area contributed by atoms with E-state index in [2.05, 4.69) is 15.5 Å². The molecule has 0 radical (unpaired) electrons. The fraction of sp³-hybridized carbons (Fsp3) is 0.526. The molecule has 1 saturated carbocycles. The van der Waals surface area contributed by atoms with Crippen LogP contribution in [0.4, 0.5) is 0 Å². The lowest BCUT2D eigenvalue weighted by Gasteiger charge is -2.36. The van der Waals surface area contributed by atoms with Gasteiger partial charge in [-0.1, -0.05) is 11.2 Å². The first kappa shape index (κ1) is 19.1. The second-order valence-electron chi connectivity index (χ2n) is 7.66. The van der Waals surface area contributed by atoms with Gasteiger partial charge in [0, 0.05) is 43.0 Å². The van der Waals surface area contributed by atoms with Crippen LogP contribution in [0.5, 0.6) is 0 Å². The van der Waals surface area contributed by atoms with Crippen LogP contribution < -0.4 is 5.32 Å². The zero-order valence-electron chi connectivity index (χ0n) is 15.7. The zero-order chi connectivity index (χ0) is 19.7. The lowest BCUT2D eigenvalue weighted by Crippen LogP contribution is -2.51. The summed E-state index contributed by atoms with van der Waals surface area (Å²) in [5.74, 6) is 0.849. The van der Waals surface area contributed by atoms with Crippen molar-refractivity contribution in [1.82, 2.24) is 19.8 Å². The molecule has 0 unspecified atom stereocenters. The summed E-state index contributed by atoms with van der Waals surface area (Å²) in [6, 6.07) is 4.92. The second-order valence-corrected chi connectivity index (χ2v) is 9.58. The van der Waals surface area contributed by atoms with E-state index in [1.807, 2.05) is 6.92 Å². The summed E-state index contributed by atoms with van der Waals surface area (Å²) in [6.07, 6.45) is 6.49. The van der Waals surface area contributed by atoms with Gasteiger partial charge in [0.2, 0.25) is 10.0 Å². The van der Waals surface area contributed by atoms with Crippen LogP contribution in [-0.2, 0) is 15.8 Å². The molecule has 0 bridgehead atoms. The number of nitrogens with one attached hydrogen (secondary N) is 1. The lowest BCUT2D eigenvalue weighted by molar-refractivity contribution is 0.0905. The first-order chi connectivity index (χ1) is 13.4. The minimum absolute atomic E-state index is 0.0644. The molecule has 2 aliphatic rings. The van der Waals surface area contributed by atoms with Crippen molar-refractivity contribution < 1.29 is 17.7 Å². The minimum Gasteiger partial charge on any atom is -0.360 e. The van der Waals surface area contributed by atoms with Crippen LogP contribution in [0.25, 0.3) is 0 Å². The number of carbonyl (C=O) groups excluding carboxylic acids is 1. The van der Waals surface area contributed by atoms with E-state index in [9.17, 15) is 13.2 Å². The zero-order valence-corrected chi connectivity index (χ0v) is 16.6. The van der Waals surface area contributed by atoms with E-state index in [-0.39, 0.29) is 23.7 Å². The van der Waals surface area contributed by atoms with Gasteiger partial charge in [0.15, 0.2) is 5.69 Å². The normalized spacial score (nSPS) is 23.5. The average molecular weight is 404 g/mol. The monoisotopic (exact) mass is 404 g/mol. The van der Waals surface area contributed by atoms with Gasteiger partial charge in [-0.15, -0.1) is 0 Å². The van der Waals surface area contributed by atoms with E-state index in [0.717, 1.165) is 18.6 Å². The second kappa shape index (κ2) is 7.63. The Hall–Kier alpha value is -2.26. The van der Waals surface area contributed by atoms with E-state index in [1.165, 1.54) is 4.31 Å². The summed E-state index contributed by atoms with van der Waals surface area (Å²) in [7, 11) is -3.44. The third-order valence-electron chi connectivity index (χ3n) is 5.32. The van der Waals surface area contributed by atoms with Crippen molar-refractivity contribution in [2.75, 3.05) is 6.54 Å². The van der Waals surface area contributed by atoms with Crippen molar-refractivity contribution in [1.29, 1.82) is 0 Å². The molecule has 2 atom stereocenters. The number of amides is 1. The molecule has 2 fully saturated rings. The first-order valence-corrected chi connectivity index (χ1v) is 11.2. The number of piperidine rings is 1. The van der Waals surface area contributed by atoms with Gasteiger partial charge in [0.05, 0.1) is 5.75 Å². The minimum atomic E-state index is -3.44. The first-order valence-electron chi connectivity index (χ1n) is 9.58. The van der Waals surface area contributed by atoms with Crippen LogP contribution >= 0.6 is 0 Å². The predicted octanol–water partition coefficient (Wildman–Crippen LogP) is 2.06. The molecule has 1 aliphatic heterocycles. The van der Waals surface area contributed by atoms with E-state index in [1.54, 1.807) is 30.6 Å². The van der Waals surface area contributed by atoms with Crippen LogP contribution in [0.3, 0.4) is 0 Å². The molecule has 9 heteroatoms. The number of aromatic nitrogens is 2. The molecule has 150 valence electrons. The molecular formula is C19H24N4O4S. The number of nitrogens with zero attached hydrogens (tertiary/aromatic N) is 3. The number of carbonyl (C=O) groups is 1. The largest absolute Gasteiger partial charge is 0.360 e. The van der Waals surface area contributed by atoms with E-state index in [0.29, 0.717) is 36.6 Å². The summed E-state index contributed by atoms with van der Waals surface area (Å²) in [4.78, 5) is 16.4. The predicted molar refractivity (Wildman–Crippen MR) is 102 cm³/mol. The Balaban J connectivity index is 1.34. The molecule has 1 aliphatic carbocycles. The van der Waals surface area contributed by atoms with E-state index >= 15 is 0 Å². The van der Waals surface area contributed by atoms with Gasteiger partial charge < -0.3 is 9.84 Å². The molecule has 4 rings (SSSR count). The van der Waals surface area contributed by atoms with Crippen molar-refractivity contribution in [3.63, 3.8) is 0 Å². The fourth-order valence-electron chi connectivity index (χ4n) is 3.69. The van der Waals surface area contributed by atoms with Gasteiger partial charge in [-0.3, -0.25) is 9.78 Å². The highest BCUT2D eigenvalue weighted by molar-refractivity contribution is 7.88. The number of rotatable bonds is 6. The summed E-state index contributed by atoms with van der Waals surface area (Å²) in [5.41, 5.74) is 0.962. The third kappa shape index (κ3) is 4.25. The number of sulfonamides is 1. The summed E-state index contributed by atoms with van der Waals surface area (Å²) < 4.78 is 32.3. The Labute approximate surface area is 164 Å². The highest BCUT2D eigenvalue weighted by Gasteiger charge is 2.35. The smallest absolute Gasteiger partial charge is 0.273 e. The maximum atomic E-state index is 12.8. The SMILES string of the molecule is C[C@@H]1C[C@@H](NC(=O)c2cc(C3CC3)on2)CCN1S(=O)(=O)Cc1cccnc1. The van der Waals surface area contributed by atoms with Crippen LogP contribution in [-0.4, -0.2) is 47.4 Å². The molecule has 28 heavy (non-hydrogen) atoms. The van der Waals surface area contributed by atoms with Crippen molar-refractivity contribution in [2.24, 2.45) is 0 Å². The van der Waals surface area contributed by atoms with Crippen LogP contribution in [0, 0.1) is 0 Å². The molecule has 1 amide bonds. The Bertz CT molecular complexity index is 940. The van der Waals surface area contributed by atoms with Crippen molar-refractivity contribution in [3.05, 3.63) is 47.6 Å². The van der Waals surface area contributed by atoms with Gasteiger partial charge in [-0.25, -0.2) is 8.42 Å². The molecule has 3 heterocycles. The average Bonchev–Trinajstić information content (AvgIpc) is 3.38. The Kier molecular flexibility index (Phi) is 5.20. The maximum absolute atomic E-state index is 12.8. The Morgan fingerprint density at radius 3 is 2.86 bits per heavy atom. The molecule has 2 aromatic rings. The topological polar surface area (TPSA) is 105 Å². The molecule has 8 nitrogen and oxygen atoms in total. The standard InChI is InChI=1S/C19H24N4O4S/c1-13-9-16(21-19(24)17-10-18(27-22-17)15-4-5-15)6-8-23(13)28(25,26)12-14-3-2-7-20-11-14/h2-3,7,10-11,13,15-16H,4-6,8-9,12H2,1H3,(H,21,24)/t13-,16+/m1/s1. The van der Waals surface area contributed by atoms with Crippen molar-refractivity contribution in [3.8, 4) is 0 Å². The number of hydrogen-bond acceptors (Lipinski definition) is 6. The van der Waals surface area contributed by atoms with Gasteiger partial charge in [-0.05, 0) is 44.2 Å². The van der Waals surface area contributed by atoms with Gasteiger partial charge >= 0.3 is 0 Å². The van der Waals surface area contributed by atoms with Gasteiger partial charge in [0.25, 0.3) is 5.91 Å². The van der Waals surface area contributed by atoms with Gasteiger partial charge in [0.1, 0.15) is 5.76 Å². The van der Waals surface area contributed by atoms with Crippen LogP contribution in [0.1, 0.15) is 60.3 Å². The van der Waals surface area contributed by atoms with Crippen molar-refractivity contribution >= 4 is 15.9 Å². The maximum Gasteiger partial charge on any atom is 0.273 e. The highest BCUT2D eigenvalue weighted by Crippen LogP contribution is 2.40. The lowest BCUT2D eigenvalue weighted by atomic mass is 10.0. The molecule has 1 saturated heterocycles. The summed E-state index contributed by atoms with van der Waals surface area (Å²) in [5, 5.41) is 6.83. The Morgan fingerprint density at radius 2 is 2.18 bits per heavy atom. The third-order valence-corrected chi connectivity index (χ3v) is 7.28. The van der Waals surface area contributed by atoms with Gasteiger partial charge in [-0.2, -0.15) is 4.31 Å². The van der Waals surface area contributed by atoms with E-state index < -0.39 is 10.0 Å². The number of pyridine rings is 1. The molecule has 0 spiro atoms. The van der Waals surface area contributed by atoms with E-state index in [4.69, 9.17) is 4.52 Å². The van der Waals surface area contributed by atoms with Crippen LogP contribution in [0.15, 0.2) is 35.1 Å². The number of hydrogen-bond donors (Lipinski definition) is 1. The summed E-state index contributed by atoms with van der Waals surface area (Å²) >= 11 is 0. The van der Waals surface area contributed by atoms with Crippen molar-refractivity contribution in [2.45, 2.75) is 56.4 Å².